The van der Waals surface area contributed by atoms with Crippen LogP contribution in [-0.2, 0) is 11.8 Å². The highest BCUT2D eigenvalue weighted by atomic mass is 16.2. The Labute approximate surface area is 99.5 Å². The second kappa shape index (κ2) is 6.05. The number of aliphatic hydroxyl groups excluding tert-OH is 1. The summed E-state index contributed by atoms with van der Waals surface area (Å²) >= 11 is 0. The summed E-state index contributed by atoms with van der Waals surface area (Å²) in [5.74, 6) is 0. The van der Waals surface area contributed by atoms with E-state index in [2.05, 4.69) is 45.0 Å². The van der Waals surface area contributed by atoms with Crippen molar-refractivity contribution in [3.63, 3.8) is 0 Å². The van der Waals surface area contributed by atoms with Crippen molar-refractivity contribution in [2.45, 2.75) is 51.9 Å². The Morgan fingerprint density at radius 3 is 2.44 bits per heavy atom. The lowest BCUT2D eigenvalue weighted by atomic mass is 9.86. The average Bonchev–Trinajstić information content (AvgIpc) is 2.24. The van der Waals surface area contributed by atoms with Gasteiger partial charge in [0.2, 0.25) is 0 Å². The molecule has 1 N–H and O–H groups in total. The van der Waals surface area contributed by atoms with Crippen LogP contribution in [0.1, 0.15) is 51.2 Å². The highest BCUT2D eigenvalue weighted by Crippen LogP contribution is 2.23. The van der Waals surface area contributed by atoms with Crippen LogP contribution in [0.4, 0.5) is 0 Å². The van der Waals surface area contributed by atoms with Gasteiger partial charge in [-0.25, -0.2) is 0 Å². The maximum absolute atomic E-state index is 8.71. The maximum atomic E-state index is 8.71. The standard InChI is InChI=1S/C15H24O/c1-15(2,3)14-10-7-9-13(12-14)8-5-4-6-11-16/h7,9-10,12,16H,4-6,8,11H2,1-3H3. The Morgan fingerprint density at radius 2 is 1.81 bits per heavy atom. The molecule has 1 rings (SSSR count). The van der Waals surface area contributed by atoms with Crippen LogP contribution >= 0.6 is 0 Å². The van der Waals surface area contributed by atoms with E-state index in [0.29, 0.717) is 6.61 Å². The van der Waals surface area contributed by atoms with E-state index in [1.54, 1.807) is 0 Å². The van der Waals surface area contributed by atoms with E-state index in [1.165, 1.54) is 17.5 Å². The Bertz CT molecular complexity index is 309. The van der Waals surface area contributed by atoms with Crippen LogP contribution in [-0.4, -0.2) is 11.7 Å². The fourth-order valence-corrected chi connectivity index (χ4v) is 1.81. The third-order valence-electron chi connectivity index (χ3n) is 2.92. The van der Waals surface area contributed by atoms with Crippen LogP contribution in [0.15, 0.2) is 24.3 Å². The second-order valence-corrected chi connectivity index (χ2v) is 5.48. The van der Waals surface area contributed by atoms with E-state index in [-0.39, 0.29) is 5.41 Å². The predicted molar refractivity (Wildman–Crippen MR) is 69.8 cm³/mol. The monoisotopic (exact) mass is 220 g/mol. The van der Waals surface area contributed by atoms with Gasteiger partial charge >= 0.3 is 0 Å². The van der Waals surface area contributed by atoms with Gasteiger partial charge in [0.1, 0.15) is 0 Å². The Balaban J connectivity index is 2.54. The van der Waals surface area contributed by atoms with E-state index in [9.17, 15) is 0 Å². The quantitative estimate of drug-likeness (QED) is 0.750. The van der Waals surface area contributed by atoms with E-state index < -0.39 is 0 Å². The molecule has 0 saturated heterocycles. The Morgan fingerprint density at radius 1 is 1.06 bits per heavy atom. The molecule has 1 heteroatoms. The topological polar surface area (TPSA) is 20.2 Å². The molecule has 0 heterocycles. The molecule has 0 aliphatic rings. The summed E-state index contributed by atoms with van der Waals surface area (Å²) in [7, 11) is 0. The van der Waals surface area contributed by atoms with Crippen LogP contribution in [0.3, 0.4) is 0 Å². The molecule has 0 radical (unpaired) electrons. The highest BCUT2D eigenvalue weighted by molar-refractivity contribution is 5.28. The van der Waals surface area contributed by atoms with Crippen molar-refractivity contribution in [1.29, 1.82) is 0 Å². The molecule has 1 aromatic carbocycles. The van der Waals surface area contributed by atoms with Gasteiger partial charge in [-0.2, -0.15) is 0 Å². The molecule has 0 spiro atoms. The van der Waals surface area contributed by atoms with Crippen molar-refractivity contribution in [3.8, 4) is 0 Å². The molecular formula is C15H24O. The minimum atomic E-state index is 0.237. The lowest BCUT2D eigenvalue weighted by molar-refractivity contribution is 0.283. The number of unbranched alkanes of at least 4 members (excludes halogenated alkanes) is 2. The summed E-state index contributed by atoms with van der Waals surface area (Å²) in [6.45, 7) is 7.07. The number of rotatable bonds is 5. The zero-order chi connectivity index (χ0) is 12.0. The van der Waals surface area contributed by atoms with Crippen LogP contribution in [0.25, 0.3) is 0 Å². The summed E-state index contributed by atoms with van der Waals surface area (Å²) in [4.78, 5) is 0. The van der Waals surface area contributed by atoms with Crippen molar-refractivity contribution >= 4 is 0 Å². The molecule has 90 valence electrons. The first-order chi connectivity index (χ1) is 7.54. The number of aryl methyl sites for hydroxylation is 1. The van der Waals surface area contributed by atoms with Gasteiger partial charge in [-0.05, 0) is 35.8 Å². The lowest BCUT2D eigenvalue weighted by Crippen LogP contribution is -2.11. The molecule has 0 amide bonds. The normalized spacial score (nSPS) is 11.8. The van der Waals surface area contributed by atoms with Gasteiger partial charge in [0.15, 0.2) is 0 Å². The van der Waals surface area contributed by atoms with Crippen molar-refractivity contribution < 1.29 is 5.11 Å². The number of benzene rings is 1. The first-order valence-corrected chi connectivity index (χ1v) is 6.24. The lowest BCUT2D eigenvalue weighted by Gasteiger charge is -2.19. The van der Waals surface area contributed by atoms with E-state index in [4.69, 9.17) is 5.11 Å². The number of aliphatic hydroxyl groups is 1. The second-order valence-electron chi connectivity index (χ2n) is 5.48. The van der Waals surface area contributed by atoms with Crippen LogP contribution < -0.4 is 0 Å². The molecule has 16 heavy (non-hydrogen) atoms. The minimum Gasteiger partial charge on any atom is -0.396 e. The number of hydrogen-bond acceptors (Lipinski definition) is 1. The average molecular weight is 220 g/mol. The van der Waals surface area contributed by atoms with Gasteiger partial charge in [0.25, 0.3) is 0 Å². The van der Waals surface area contributed by atoms with E-state index in [1.807, 2.05) is 0 Å². The third-order valence-corrected chi connectivity index (χ3v) is 2.92. The van der Waals surface area contributed by atoms with Gasteiger partial charge in [-0.1, -0.05) is 51.5 Å². The van der Waals surface area contributed by atoms with Crippen LogP contribution in [0, 0.1) is 0 Å². The molecule has 1 aromatic rings. The van der Waals surface area contributed by atoms with E-state index >= 15 is 0 Å². The summed E-state index contributed by atoms with van der Waals surface area (Å²) in [5, 5.41) is 8.71. The largest absolute Gasteiger partial charge is 0.396 e. The zero-order valence-electron chi connectivity index (χ0n) is 10.8. The van der Waals surface area contributed by atoms with Crippen molar-refractivity contribution in [2.24, 2.45) is 0 Å². The molecule has 1 nitrogen and oxygen atoms in total. The molecule has 0 unspecified atom stereocenters. The summed E-state index contributed by atoms with van der Waals surface area (Å²) in [6.07, 6.45) is 4.35. The van der Waals surface area contributed by atoms with Gasteiger partial charge < -0.3 is 5.11 Å². The molecule has 0 atom stereocenters. The fraction of sp³-hybridized carbons (Fsp3) is 0.600. The number of hydrogen-bond donors (Lipinski definition) is 1. The molecule has 0 saturated carbocycles. The third kappa shape index (κ3) is 4.36. The van der Waals surface area contributed by atoms with Crippen molar-refractivity contribution in [2.75, 3.05) is 6.61 Å². The molecule has 0 aliphatic heterocycles. The van der Waals surface area contributed by atoms with Gasteiger partial charge in [-0.3, -0.25) is 0 Å². The summed E-state index contributed by atoms with van der Waals surface area (Å²) < 4.78 is 0. The van der Waals surface area contributed by atoms with Crippen LogP contribution in [0.2, 0.25) is 0 Å². The van der Waals surface area contributed by atoms with Gasteiger partial charge in [0, 0.05) is 6.61 Å². The summed E-state index contributed by atoms with van der Waals surface area (Å²) in [6, 6.07) is 8.88. The van der Waals surface area contributed by atoms with Gasteiger partial charge in [-0.15, -0.1) is 0 Å². The van der Waals surface area contributed by atoms with Crippen molar-refractivity contribution in [1.82, 2.24) is 0 Å². The van der Waals surface area contributed by atoms with Crippen molar-refractivity contribution in [3.05, 3.63) is 35.4 Å². The minimum absolute atomic E-state index is 0.237. The Hall–Kier alpha value is -0.820. The van der Waals surface area contributed by atoms with Crippen LogP contribution in [0.5, 0.6) is 0 Å². The first-order valence-electron chi connectivity index (χ1n) is 6.24. The fourth-order valence-electron chi connectivity index (χ4n) is 1.81. The first kappa shape index (κ1) is 13.2. The molecular weight excluding hydrogens is 196 g/mol. The smallest absolute Gasteiger partial charge is 0.0431 e. The SMILES string of the molecule is CC(C)(C)c1cccc(CCCCCO)c1. The summed E-state index contributed by atoms with van der Waals surface area (Å²) in [5.41, 5.74) is 3.07. The van der Waals surface area contributed by atoms with Gasteiger partial charge in [0.05, 0.1) is 0 Å². The maximum Gasteiger partial charge on any atom is 0.0431 e. The molecule has 0 bridgehead atoms. The molecule has 0 aromatic heterocycles. The van der Waals surface area contributed by atoms with E-state index in [0.717, 1.165) is 19.3 Å². The predicted octanol–water partition coefficient (Wildman–Crippen LogP) is 3.69. The molecule has 0 aliphatic carbocycles. The Kier molecular flexibility index (Phi) is 5.01. The highest BCUT2D eigenvalue weighted by Gasteiger charge is 2.13. The zero-order valence-corrected chi connectivity index (χ0v) is 10.8. The molecule has 0 fully saturated rings.